The molecule has 0 bridgehead atoms. The van der Waals surface area contributed by atoms with E-state index in [1.807, 2.05) is 0 Å². The van der Waals surface area contributed by atoms with Crippen LogP contribution < -0.4 is 4.90 Å². The summed E-state index contributed by atoms with van der Waals surface area (Å²) in [5.74, 6) is 0. The zero-order valence-electron chi connectivity index (χ0n) is 8.92. The Balaban J connectivity index is 1.84. The van der Waals surface area contributed by atoms with E-state index in [4.69, 9.17) is 0 Å². The predicted molar refractivity (Wildman–Crippen MR) is 61.9 cm³/mol. The number of hydrogen-bond acceptors (Lipinski definition) is 0. The van der Waals surface area contributed by atoms with E-state index < -0.39 is 0 Å². The van der Waals surface area contributed by atoms with Crippen LogP contribution in [0.1, 0.15) is 18.5 Å². The maximum Gasteiger partial charge on any atom is 0.118 e. The molecule has 1 saturated heterocycles. The standard InChI is InChI=1S/C13H16N2/c1-2-6-13-11(5-1)9-12(14-13)10-15-7-3-4-8-15/h1-2,5-6,9,14H,3-4,7-8,10H2/p+1. The van der Waals surface area contributed by atoms with Crippen molar-refractivity contribution in [2.24, 2.45) is 0 Å². The summed E-state index contributed by atoms with van der Waals surface area (Å²) in [6.07, 6.45) is 2.80. The van der Waals surface area contributed by atoms with Crippen LogP contribution in [0.2, 0.25) is 0 Å². The molecule has 1 aromatic heterocycles. The second-order valence-corrected chi connectivity index (χ2v) is 4.52. The van der Waals surface area contributed by atoms with E-state index in [-0.39, 0.29) is 0 Å². The molecule has 0 unspecified atom stereocenters. The lowest BCUT2D eigenvalue weighted by atomic mass is 10.2. The molecule has 1 aromatic carbocycles. The van der Waals surface area contributed by atoms with Gasteiger partial charge in [-0.3, -0.25) is 0 Å². The van der Waals surface area contributed by atoms with E-state index in [1.165, 1.54) is 42.5 Å². The molecule has 78 valence electrons. The van der Waals surface area contributed by atoms with Gasteiger partial charge in [-0.1, -0.05) is 18.2 Å². The number of H-pyrrole nitrogens is 1. The molecule has 2 aromatic rings. The second-order valence-electron chi connectivity index (χ2n) is 4.52. The maximum atomic E-state index is 3.50. The first-order valence-corrected chi connectivity index (χ1v) is 5.82. The van der Waals surface area contributed by atoms with Crippen LogP contribution in [0, 0.1) is 0 Å². The maximum absolute atomic E-state index is 3.50. The van der Waals surface area contributed by atoms with Crippen LogP contribution in [-0.4, -0.2) is 18.1 Å². The van der Waals surface area contributed by atoms with Crippen LogP contribution in [0.5, 0.6) is 0 Å². The van der Waals surface area contributed by atoms with Crippen molar-refractivity contribution in [2.45, 2.75) is 19.4 Å². The molecule has 1 aliphatic heterocycles. The molecule has 15 heavy (non-hydrogen) atoms. The van der Waals surface area contributed by atoms with Crippen LogP contribution >= 0.6 is 0 Å². The molecule has 2 heteroatoms. The fraction of sp³-hybridized carbons (Fsp3) is 0.385. The number of quaternary nitrogens is 1. The highest BCUT2D eigenvalue weighted by Crippen LogP contribution is 2.13. The van der Waals surface area contributed by atoms with Crippen molar-refractivity contribution in [2.75, 3.05) is 13.1 Å². The monoisotopic (exact) mass is 201 g/mol. The van der Waals surface area contributed by atoms with E-state index in [0.717, 1.165) is 6.54 Å². The van der Waals surface area contributed by atoms with E-state index >= 15 is 0 Å². The van der Waals surface area contributed by atoms with Crippen molar-refractivity contribution in [3.8, 4) is 0 Å². The smallest absolute Gasteiger partial charge is 0.118 e. The molecule has 3 rings (SSSR count). The summed E-state index contributed by atoms with van der Waals surface area (Å²) in [6.45, 7) is 3.85. The van der Waals surface area contributed by atoms with Crippen LogP contribution in [0.3, 0.4) is 0 Å². The SMILES string of the molecule is c1ccc2[nH]c(C[NH+]3CCCC3)cc2c1. The van der Waals surface area contributed by atoms with Crippen LogP contribution in [-0.2, 0) is 6.54 Å². The second kappa shape index (κ2) is 3.70. The van der Waals surface area contributed by atoms with Crippen molar-refractivity contribution >= 4 is 10.9 Å². The van der Waals surface area contributed by atoms with Crippen molar-refractivity contribution in [3.63, 3.8) is 0 Å². The summed E-state index contributed by atoms with van der Waals surface area (Å²) in [6, 6.07) is 10.8. The number of nitrogens with one attached hydrogen (secondary N) is 2. The number of fused-ring (bicyclic) bond motifs is 1. The predicted octanol–water partition coefficient (Wildman–Crippen LogP) is 1.35. The molecule has 0 atom stereocenters. The molecule has 0 amide bonds. The molecule has 2 heterocycles. The topological polar surface area (TPSA) is 20.2 Å². The Morgan fingerprint density at radius 3 is 2.73 bits per heavy atom. The molecule has 1 aliphatic rings. The molecule has 2 nitrogen and oxygen atoms in total. The zero-order chi connectivity index (χ0) is 10.1. The zero-order valence-corrected chi connectivity index (χ0v) is 8.92. The van der Waals surface area contributed by atoms with Gasteiger partial charge in [-0.05, 0) is 17.5 Å². The molecule has 0 aliphatic carbocycles. The summed E-state index contributed by atoms with van der Waals surface area (Å²) in [5, 5.41) is 1.34. The average molecular weight is 201 g/mol. The van der Waals surface area contributed by atoms with Gasteiger partial charge in [0, 0.05) is 18.4 Å². The summed E-state index contributed by atoms with van der Waals surface area (Å²) < 4.78 is 0. The van der Waals surface area contributed by atoms with Gasteiger partial charge in [-0.2, -0.15) is 0 Å². The average Bonchev–Trinajstić information content (AvgIpc) is 2.86. The number of aromatic nitrogens is 1. The lowest BCUT2D eigenvalue weighted by Gasteiger charge is -2.09. The van der Waals surface area contributed by atoms with Crippen molar-refractivity contribution in [1.29, 1.82) is 0 Å². The molecule has 0 spiro atoms. The van der Waals surface area contributed by atoms with Crippen LogP contribution in [0.25, 0.3) is 10.9 Å². The Morgan fingerprint density at radius 2 is 1.93 bits per heavy atom. The van der Waals surface area contributed by atoms with Crippen molar-refractivity contribution in [3.05, 3.63) is 36.0 Å². The lowest BCUT2D eigenvalue weighted by Crippen LogP contribution is -3.08. The third kappa shape index (κ3) is 1.77. The third-order valence-electron chi connectivity index (χ3n) is 3.34. The largest absolute Gasteiger partial charge is 0.354 e. The Kier molecular flexibility index (Phi) is 2.22. The fourth-order valence-corrected chi connectivity index (χ4v) is 2.55. The minimum absolute atomic E-state index is 1.16. The molecule has 2 N–H and O–H groups in total. The van der Waals surface area contributed by atoms with Crippen LogP contribution in [0.4, 0.5) is 0 Å². The first-order valence-electron chi connectivity index (χ1n) is 5.82. The van der Waals surface area contributed by atoms with Crippen molar-refractivity contribution < 1.29 is 4.90 Å². The van der Waals surface area contributed by atoms with Crippen LogP contribution in [0.15, 0.2) is 30.3 Å². The molecule has 1 fully saturated rings. The number of likely N-dealkylation sites (tertiary alicyclic amines) is 1. The first kappa shape index (κ1) is 8.98. The summed E-state index contributed by atoms with van der Waals surface area (Å²) in [4.78, 5) is 5.23. The Bertz CT molecular complexity index is 419. The Hall–Kier alpha value is -1.28. The highest BCUT2D eigenvalue weighted by atomic mass is 15.1. The van der Waals surface area contributed by atoms with Gasteiger partial charge in [0.25, 0.3) is 0 Å². The van der Waals surface area contributed by atoms with Gasteiger partial charge in [-0.15, -0.1) is 0 Å². The molecular weight excluding hydrogens is 184 g/mol. The van der Waals surface area contributed by atoms with Gasteiger partial charge in [0.05, 0.1) is 18.8 Å². The van der Waals surface area contributed by atoms with Gasteiger partial charge < -0.3 is 9.88 Å². The van der Waals surface area contributed by atoms with E-state index in [9.17, 15) is 0 Å². The number of benzene rings is 1. The van der Waals surface area contributed by atoms with E-state index in [1.54, 1.807) is 4.90 Å². The van der Waals surface area contributed by atoms with Gasteiger partial charge in [-0.25, -0.2) is 0 Å². The number of para-hydroxylation sites is 1. The lowest BCUT2D eigenvalue weighted by molar-refractivity contribution is -0.901. The number of rotatable bonds is 2. The van der Waals surface area contributed by atoms with Crippen molar-refractivity contribution in [1.82, 2.24) is 4.98 Å². The normalized spacial score (nSPS) is 17.6. The number of hydrogen-bond donors (Lipinski definition) is 2. The summed E-state index contributed by atoms with van der Waals surface area (Å²) in [7, 11) is 0. The first-order chi connectivity index (χ1) is 7.42. The number of aromatic amines is 1. The highest BCUT2D eigenvalue weighted by molar-refractivity contribution is 5.80. The molecular formula is C13H17N2+. The quantitative estimate of drug-likeness (QED) is 0.731. The summed E-state index contributed by atoms with van der Waals surface area (Å²) in [5.41, 5.74) is 2.65. The summed E-state index contributed by atoms with van der Waals surface area (Å²) >= 11 is 0. The Morgan fingerprint density at radius 1 is 1.13 bits per heavy atom. The minimum Gasteiger partial charge on any atom is -0.354 e. The highest BCUT2D eigenvalue weighted by Gasteiger charge is 2.16. The van der Waals surface area contributed by atoms with E-state index in [2.05, 4.69) is 35.3 Å². The molecule has 0 radical (unpaired) electrons. The molecule has 0 saturated carbocycles. The van der Waals surface area contributed by atoms with Gasteiger partial charge >= 0.3 is 0 Å². The van der Waals surface area contributed by atoms with Gasteiger partial charge in [0.2, 0.25) is 0 Å². The van der Waals surface area contributed by atoms with Gasteiger partial charge in [0.1, 0.15) is 6.54 Å². The third-order valence-corrected chi connectivity index (χ3v) is 3.34. The Labute approximate surface area is 89.9 Å². The fourth-order valence-electron chi connectivity index (χ4n) is 2.55. The van der Waals surface area contributed by atoms with Gasteiger partial charge in [0.15, 0.2) is 0 Å². The minimum atomic E-state index is 1.16. The van der Waals surface area contributed by atoms with E-state index in [0.29, 0.717) is 0 Å².